The number of nitrogens with two attached hydrogens (primary N) is 2. The van der Waals surface area contributed by atoms with Crippen molar-refractivity contribution in [3.8, 4) is 0 Å². The lowest BCUT2D eigenvalue weighted by atomic mass is 10.1. The number of imidazole rings is 1. The highest BCUT2D eigenvalue weighted by Crippen LogP contribution is 2.33. The molecule has 3 rings (SSSR count). The van der Waals surface area contributed by atoms with Gasteiger partial charge >= 0.3 is 0 Å². The Labute approximate surface area is 120 Å². The van der Waals surface area contributed by atoms with Crippen LogP contribution in [0.4, 0.5) is 11.8 Å². The van der Waals surface area contributed by atoms with E-state index in [9.17, 15) is 10.2 Å². The second kappa shape index (κ2) is 5.10. The molecule has 0 bridgehead atoms. The van der Waals surface area contributed by atoms with Gasteiger partial charge in [-0.1, -0.05) is 13.3 Å². The van der Waals surface area contributed by atoms with Crippen LogP contribution in [0.15, 0.2) is 6.33 Å². The Morgan fingerprint density at radius 3 is 2.76 bits per heavy atom. The molecule has 0 aliphatic carbocycles. The minimum atomic E-state index is -1.10. The van der Waals surface area contributed by atoms with E-state index in [4.69, 9.17) is 16.2 Å². The summed E-state index contributed by atoms with van der Waals surface area (Å²) in [5, 5.41) is 20.2. The van der Waals surface area contributed by atoms with Gasteiger partial charge in [-0.15, -0.1) is 0 Å². The van der Waals surface area contributed by atoms with Gasteiger partial charge in [0, 0.05) is 0 Å². The summed E-state index contributed by atoms with van der Waals surface area (Å²) in [5.74, 6) is 0.155. The molecule has 1 fully saturated rings. The first kappa shape index (κ1) is 14.0. The molecule has 2 aromatic heterocycles. The van der Waals surface area contributed by atoms with Crippen LogP contribution in [0, 0.1) is 6.92 Å². The van der Waals surface area contributed by atoms with Crippen LogP contribution in [0.1, 0.15) is 19.1 Å². The third-order valence-electron chi connectivity index (χ3n) is 3.57. The minimum Gasteiger partial charge on any atom is -0.388 e. The zero-order valence-electron chi connectivity index (χ0n) is 11.3. The summed E-state index contributed by atoms with van der Waals surface area (Å²) in [5.41, 5.74) is 12.0. The van der Waals surface area contributed by atoms with Crippen molar-refractivity contribution in [1.82, 2.24) is 19.5 Å². The molecule has 113 valence electrons. The fourth-order valence-electron chi connectivity index (χ4n) is 2.54. The SMILES string of the molecule is [CH2]CC[C@H]1O[C@@H](n2cnc3c(N)nc(N)nc32)C(O)C1O. The van der Waals surface area contributed by atoms with Crippen LogP contribution >= 0.6 is 0 Å². The maximum Gasteiger partial charge on any atom is 0.224 e. The third kappa shape index (κ3) is 2.19. The molecule has 0 amide bonds. The van der Waals surface area contributed by atoms with Crippen molar-refractivity contribution in [3.63, 3.8) is 0 Å². The highest BCUT2D eigenvalue weighted by molar-refractivity contribution is 5.82. The monoisotopic (exact) mass is 293 g/mol. The Morgan fingerprint density at radius 1 is 1.29 bits per heavy atom. The van der Waals surface area contributed by atoms with Gasteiger partial charge < -0.3 is 26.4 Å². The Hall–Kier alpha value is -1.97. The molecule has 6 N–H and O–H groups in total. The van der Waals surface area contributed by atoms with E-state index in [1.165, 1.54) is 10.9 Å². The summed E-state index contributed by atoms with van der Waals surface area (Å²) >= 11 is 0. The molecular weight excluding hydrogens is 276 g/mol. The van der Waals surface area contributed by atoms with E-state index in [1.807, 2.05) is 0 Å². The van der Waals surface area contributed by atoms with Gasteiger partial charge in [0.05, 0.1) is 12.4 Å². The largest absolute Gasteiger partial charge is 0.388 e. The summed E-state index contributed by atoms with van der Waals surface area (Å²) in [6, 6.07) is 0. The van der Waals surface area contributed by atoms with Crippen molar-refractivity contribution < 1.29 is 14.9 Å². The average Bonchev–Trinajstić information content (AvgIpc) is 2.96. The van der Waals surface area contributed by atoms with Crippen molar-refractivity contribution in [1.29, 1.82) is 0 Å². The van der Waals surface area contributed by atoms with Crippen molar-refractivity contribution in [2.75, 3.05) is 11.5 Å². The van der Waals surface area contributed by atoms with Crippen LogP contribution in [-0.4, -0.2) is 48.0 Å². The number of rotatable bonds is 3. The minimum absolute atomic E-state index is 0.00379. The number of hydrogen-bond acceptors (Lipinski definition) is 8. The average molecular weight is 293 g/mol. The molecule has 1 radical (unpaired) electrons. The molecule has 4 atom stereocenters. The number of nitrogen functional groups attached to an aromatic ring is 2. The van der Waals surface area contributed by atoms with Gasteiger partial charge in [0.25, 0.3) is 0 Å². The fourth-order valence-corrected chi connectivity index (χ4v) is 2.54. The molecule has 2 unspecified atom stereocenters. The van der Waals surface area contributed by atoms with Gasteiger partial charge in [-0.05, 0) is 6.42 Å². The van der Waals surface area contributed by atoms with Gasteiger partial charge in [0.1, 0.15) is 17.7 Å². The Balaban J connectivity index is 2.01. The molecule has 1 aliphatic rings. The number of aliphatic hydroxyl groups is 2. The molecule has 1 aliphatic heterocycles. The maximum absolute atomic E-state index is 10.2. The van der Waals surface area contributed by atoms with Crippen LogP contribution in [0.5, 0.6) is 0 Å². The highest BCUT2D eigenvalue weighted by atomic mass is 16.6. The summed E-state index contributed by atoms with van der Waals surface area (Å²) in [7, 11) is 0. The topological polar surface area (TPSA) is 145 Å². The molecule has 2 aromatic rings. The van der Waals surface area contributed by atoms with E-state index in [0.29, 0.717) is 24.0 Å². The van der Waals surface area contributed by atoms with Crippen molar-refractivity contribution >= 4 is 22.9 Å². The van der Waals surface area contributed by atoms with Crippen molar-refractivity contribution in [3.05, 3.63) is 13.3 Å². The van der Waals surface area contributed by atoms with E-state index in [-0.39, 0.29) is 11.8 Å². The molecule has 21 heavy (non-hydrogen) atoms. The normalized spacial score (nSPS) is 29.3. The number of hydrogen-bond donors (Lipinski definition) is 4. The predicted octanol–water partition coefficient (Wildman–Crippen LogP) is -0.776. The Kier molecular flexibility index (Phi) is 3.40. The molecular formula is C12H17N6O3. The summed E-state index contributed by atoms with van der Waals surface area (Å²) in [6.45, 7) is 3.72. The van der Waals surface area contributed by atoms with E-state index < -0.39 is 24.5 Å². The second-order valence-electron chi connectivity index (χ2n) is 4.98. The lowest BCUT2D eigenvalue weighted by molar-refractivity contribution is -0.0366. The highest BCUT2D eigenvalue weighted by Gasteiger charge is 2.43. The van der Waals surface area contributed by atoms with Crippen LogP contribution in [-0.2, 0) is 4.74 Å². The lowest BCUT2D eigenvalue weighted by Gasteiger charge is -2.16. The van der Waals surface area contributed by atoms with Crippen LogP contribution in [0.3, 0.4) is 0 Å². The van der Waals surface area contributed by atoms with E-state index >= 15 is 0 Å². The summed E-state index contributed by atoms with van der Waals surface area (Å²) in [4.78, 5) is 12.0. The summed E-state index contributed by atoms with van der Waals surface area (Å²) < 4.78 is 7.20. The van der Waals surface area contributed by atoms with Gasteiger partial charge in [0.15, 0.2) is 17.7 Å². The predicted molar refractivity (Wildman–Crippen MR) is 74.7 cm³/mol. The number of ether oxygens (including phenoxy) is 1. The fraction of sp³-hybridized carbons (Fsp3) is 0.500. The van der Waals surface area contributed by atoms with Crippen LogP contribution in [0.2, 0.25) is 0 Å². The van der Waals surface area contributed by atoms with Gasteiger partial charge in [-0.25, -0.2) is 4.98 Å². The molecule has 0 aromatic carbocycles. The van der Waals surface area contributed by atoms with E-state index in [2.05, 4.69) is 21.9 Å². The number of anilines is 2. The number of aliphatic hydroxyl groups excluding tert-OH is 2. The first-order chi connectivity index (χ1) is 10.0. The second-order valence-corrected chi connectivity index (χ2v) is 4.98. The Morgan fingerprint density at radius 2 is 2.05 bits per heavy atom. The van der Waals surface area contributed by atoms with Crippen molar-refractivity contribution in [2.24, 2.45) is 0 Å². The molecule has 0 spiro atoms. The van der Waals surface area contributed by atoms with E-state index in [0.717, 1.165) is 0 Å². The third-order valence-corrected chi connectivity index (χ3v) is 3.57. The molecule has 9 heteroatoms. The quantitative estimate of drug-likeness (QED) is 0.576. The van der Waals surface area contributed by atoms with Crippen LogP contribution in [0.25, 0.3) is 11.2 Å². The number of aromatic nitrogens is 4. The first-order valence-electron chi connectivity index (χ1n) is 6.59. The van der Waals surface area contributed by atoms with Crippen LogP contribution < -0.4 is 11.5 Å². The maximum atomic E-state index is 10.2. The molecule has 0 saturated carbocycles. The number of nitrogens with zero attached hydrogens (tertiary/aromatic N) is 4. The summed E-state index contributed by atoms with van der Waals surface area (Å²) in [6.07, 6.45) is -0.828. The van der Waals surface area contributed by atoms with Gasteiger partial charge in [-0.3, -0.25) is 4.57 Å². The smallest absolute Gasteiger partial charge is 0.224 e. The number of fused-ring (bicyclic) bond motifs is 1. The zero-order valence-corrected chi connectivity index (χ0v) is 11.3. The lowest BCUT2D eigenvalue weighted by Crippen LogP contribution is -2.31. The zero-order chi connectivity index (χ0) is 15.1. The first-order valence-corrected chi connectivity index (χ1v) is 6.59. The molecule has 9 nitrogen and oxygen atoms in total. The van der Waals surface area contributed by atoms with Gasteiger partial charge in [-0.2, -0.15) is 9.97 Å². The Bertz CT molecular complexity index is 660. The van der Waals surface area contributed by atoms with Crippen molar-refractivity contribution in [2.45, 2.75) is 37.4 Å². The van der Waals surface area contributed by atoms with E-state index in [1.54, 1.807) is 0 Å². The van der Waals surface area contributed by atoms with Gasteiger partial charge in [0.2, 0.25) is 5.95 Å². The molecule has 1 saturated heterocycles. The molecule has 3 heterocycles. The standard InChI is InChI=1S/C12H17N6O3/c1-2-3-5-7(19)8(20)11(21-5)18-4-15-6-9(13)16-12(14)17-10(6)18/h4-5,7-8,11,19-20H,1-3H2,(H4,13,14,16,17)/t5-,7?,8?,11-/m1/s1.